The van der Waals surface area contributed by atoms with Crippen molar-refractivity contribution in [2.45, 2.75) is 32.9 Å². The van der Waals surface area contributed by atoms with Crippen LogP contribution in [-0.4, -0.2) is 60.3 Å². The Morgan fingerprint density at radius 2 is 1.91 bits per heavy atom. The Labute approximate surface area is 210 Å². The third-order valence-electron chi connectivity index (χ3n) is 6.46. The SMILES string of the molecule is CCC(C)N(Cc1c(-c2ccc(F)cc2)noc1N1CCN(C)CC1)C(=O)Nc1cccc(Cl)c1. The van der Waals surface area contributed by atoms with Gasteiger partial charge in [0.15, 0.2) is 0 Å². The minimum Gasteiger partial charge on any atom is -0.338 e. The van der Waals surface area contributed by atoms with Crippen molar-refractivity contribution in [2.75, 3.05) is 43.4 Å². The summed E-state index contributed by atoms with van der Waals surface area (Å²) in [4.78, 5) is 19.6. The fourth-order valence-corrected chi connectivity index (χ4v) is 4.31. The Morgan fingerprint density at radius 1 is 1.20 bits per heavy atom. The molecule has 2 amide bonds. The second-order valence-electron chi connectivity index (χ2n) is 8.94. The van der Waals surface area contributed by atoms with E-state index < -0.39 is 0 Å². The first-order valence-corrected chi connectivity index (χ1v) is 12.2. The van der Waals surface area contributed by atoms with E-state index in [-0.39, 0.29) is 17.9 Å². The Hall–Kier alpha value is -3.10. The van der Waals surface area contributed by atoms with Gasteiger partial charge in [0.25, 0.3) is 0 Å². The second kappa shape index (κ2) is 11.1. The van der Waals surface area contributed by atoms with Crippen molar-refractivity contribution in [2.24, 2.45) is 0 Å². The summed E-state index contributed by atoms with van der Waals surface area (Å²) in [6, 6.07) is 13.0. The van der Waals surface area contributed by atoms with E-state index in [1.165, 1.54) is 12.1 Å². The number of urea groups is 1. The Kier molecular flexibility index (Phi) is 7.93. The summed E-state index contributed by atoms with van der Waals surface area (Å²) >= 11 is 6.11. The van der Waals surface area contributed by atoms with Gasteiger partial charge >= 0.3 is 6.03 Å². The number of anilines is 2. The summed E-state index contributed by atoms with van der Waals surface area (Å²) < 4.78 is 19.5. The van der Waals surface area contributed by atoms with E-state index in [1.54, 1.807) is 41.3 Å². The summed E-state index contributed by atoms with van der Waals surface area (Å²) in [6.07, 6.45) is 0.768. The van der Waals surface area contributed by atoms with Gasteiger partial charge in [-0.25, -0.2) is 9.18 Å². The fourth-order valence-electron chi connectivity index (χ4n) is 4.12. The first-order valence-electron chi connectivity index (χ1n) is 11.9. The number of likely N-dealkylation sites (N-methyl/N-ethyl adjacent to an activating group) is 1. The van der Waals surface area contributed by atoms with Crippen LogP contribution < -0.4 is 10.2 Å². The number of piperazine rings is 1. The highest BCUT2D eigenvalue weighted by Gasteiger charge is 2.29. The molecule has 0 bridgehead atoms. The van der Waals surface area contributed by atoms with Crippen molar-refractivity contribution in [3.63, 3.8) is 0 Å². The minimum atomic E-state index is -0.319. The smallest absolute Gasteiger partial charge is 0.322 e. The van der Waals surface area contributed by atoms with Crippen molar-refractivity contribution in [3.05, 3.63) is 64.9 Å². The molecule has 0 spiro atoms. The molecular weight excluding hydrogens is 469 g/mol. The van der Waals surface area contributed by atoms with Gasteiger partial charge in [-0.2, -0.15) is 0 Å². The molecule has 1 fully saturated rings. The van der Waals surface area contributed by atoms with E-state index in [4.69, 9.17) is 16.1 Å². The number of hydrogen-bond acceptors (Lipinski definition) is 5. The highest BCUT2D eigenvalue weighted by molar-refractivity contribution is 6.30. The van der Waals surface area contributed by atoms with Crippen LogP contribution in [0.3, 0.4) is 0 Å². The lowest BCUT2D eigenvalue weighted by molar-refractivity contribution is 0.187. The van der Waals surface area contributed by atoms with Gasteiger partial charge in [-0.3, -0.25) is 0 Å². The van der Waals surface area contributed by atoms with Gasteiger partial charge < -0.3 is 24.5 Å². The number of halogens is 2. The maximum atomic E-state index is 13.6. The number of carbonyl (C=O) groups is 1. The molecule has 0 radical (unpaired) electrons. The van der Waals surface area contributed by atoms with Crippen LogP contribution in [0.5, 0.6) is 0 Å². The number of rotatable bonds is 7. The van der Waals surface area contributed by atoms with Gasteiger partial charge in [0.05, 0.1) is 12.1 Å². The van der Waals surface area contributed by atoms with Crippen molar-refractivity contribution in [1.82, 2.24) is 15.0 Å². The average molecular weight is 500 g/mol. The van der Waals surface area contributed by atoms with E-state index in [9.17, 15) is 9.18 Å². The molecule has 1 atom stereocenters. The molecule has 186 valence electrons. The van der Waals surface area contributed by atoms with Gasteiger partial charge in [0, 0.05) is 48.5 Å². The molecule has 0 aliphatic carbocycles. The van der Waals surface area contributed by atoms with Crippen LogP contribution in [0.15, 0.2) is 53.1 Å². The lowest BCUT2D eigenvalue weighted by Crippen LogP contribution is -2.45. The van der Waals surface area contributed by atoms with Crippen LogP contribution >= 0.6 is 11.6 Å². The van der Waals surface area contributed by atoms with E-state index in [2.05, 4.69) is 27.3 Å². The lowest BCUT2D eigenvalue weighted by Gasteiger charge is -2.33. The molecule has 3 aromatic rings. The summed E-state index contributed by atoms with van der Waals surface area (Å²) in [5.74, 6) is 0.335. The Morgan fingerprint density at radius 3 is 2.57 bits per heavy atom. The van der Waals surface area contributed by atoms with E-state index >= 15 is 0 Å². The first kappa shape index (κ1) is 25.0. The van der Waals surface area contributed by atoms with Crippen molar-refractivity contribution in [3.8, 4) is 11.3 Å². The van der Waals surface area contributed by atoms with Crippen molar-refractivity contribution < 1.29 is 13.7 Å². The zero-order chi connectivity index (χ0) is 24.9. The van der Waals surface area contributed by atoms with Gasteiger partial charge in [-0.15, -0.1) is 0 Å². The lowest BCUT2D eigenvalue weighted by atomic mass is 10.1. The number of amides is 2. The average Bonchev–Trinajstić information content (AvgIpc) is 3.26. The third kappa shape index (κ3) is 5.94. The molecule has 2 aromatic carbocycles. The molecule has 1 N–H and O–H groups in total. The number of nitrogens with one attached hydrogen (secondary N) is 1. The maximum Gasteiger partial charge on any atom is 0.322 e. The van der Waals surface area contributed by atoms with E-state index in [1.807, 2.05) is 13.8 Å². The first-order chi connectivity index (χ1) is 16.9. The predicted molar refractivity (Wildman–Crippen MR) is 137 cm³/mol. The molecular formula is C26H31ClFN5O2. The standard InChI is InChI=1S/C26H31ClFN5O2/c1-4-18(2)33(26(34)29-22-7-5-6-20(27)16-22)17-23-24(19-8-10-21(28)11-9-19)30-35-25(23)32-14-12-31(3)13-15-32/h5-11,16,18H,4,12-15,17H2,1-3H3,(H,29,34). The van der Waals surface area contributed by atoms with Crippen molar-refractivity contribution >= 4 is 29.2 Å². The monoisotopic (exact) mass is 499 g/mol. The molecule has 1 aliphatic heterocycles. The molecule has 1 aliphatic rings. The molecule has 0 saturated carbocycles. The molecule has 7 nitrogen and oxygen atoms in total. The van der Waals surface area contributed by atoms with Gasteiger partial charge in [0.2, 0.25) is 5.88 Å². The molecule has 1 unspecified atom stereocenters. The zero-order valence-corrected chi connectivity index (χ0v) is 21.1. The Balaban J connectivity index is 1.69. The van der Waals surface area contributed by atoms with Crippen LogP contribution in [-0.2, 0) is 6.54 Å². The van der Waals surface area contributed by atoms with E-state index in [0.29, 0.717) is 28.8 Å². The topological polar surface area (TPSA) is 64.9 Å². The minimum absolute atomic E-state index is 0.0505. The highest BCUT2D eigenvalue weighted by atomic mass is 35.5. The summed E-state index contributed by atoms with van der Waals surface area (Å²) in [5.41, 5.74) is 2.79. The third-order valence-corrected chi connectivity index (χ3v) is 6.70. The molecule has 35 heavy (non-hydrogen) atoms. The summed E-state index contributed by atoms with van der Waals surface area (Å²) in [6.45, 7) is 7.73. The molecule has 2 heterocycles. The normalized spacial score (nSPS) is 15.2. The van der Waals surface area contributed by atoms with Crippen LogP contribution in [0.4, 0.5) is 20.8 Å². The molecule has 4 rings (SSSR count). The maximum absolute atomic E-state index is 13.6. The van der Waals surface area contributed by atoms with Crippen LogP contribution in [0, 0.1) is 5.82 Å². The number of aromatic nitrogens is 1. The molecule has 9 heteroatoms. The molecule has 1 saturated heterocycles. The fraction of sp³-hybridized carbons (Fsp3) is 0.385. The van der Waals surface area contributed by atoms with Gasteiger partial charge in [0.1, 0.15) is 11.5 Å². The number of hydrogen-bond donors (Lipinski definition) is 1. The highest BCUT2D eigenvalue weighted by Crippen LogP contribution is 2.34. The predicted octanol–water partition coefficient (Wildman–Crippen LogP) is 5.72. The second-order valence-corrected chi connectivity index (χ2v) is 9.37. The summed E-state index contributed by atoms with van der Waals surface area (Å²) in [7, 11) is 2.09. The van der Waals surface area contributed by atoms with Crippen LogP contribution in [0.2, 0.25) is 5.02 Å². The van der Waals surface area contributed by atoms with Crippen molar-refractivity contribution in [1.29, 1.82) is 0 Å². The molecule has 1 aromatic heterocycles. The van der Waals surface area contributed by atoms with Gasteiger partial charge in [-0.05, 0) is 62.9 Å². The largest absolute Gasteiger partial charge is 0.338 e. The van der Waals surface area contributed by atoms with Crippen LogP contribution in [0.1, 0.15) is 25.8 Å². The zero-order valence-electron chi connectivity index (χ0n) is 20.3. The number of nitrogens with zero attached hydrogens (tertiary/aromatic N) is 4. The van der Waals surface area contributed by atoms with Gasteiger partial charge in [-0.1, -0.05) is 29.7 Å². The van der Waals surface area contributed by atoms with Crippen LogP contribution in [0.25, 0.3) is 11.3 Å². The summed E-state index contributed by atoms with van der Waals surface area (Å²) in [5, 5.41) is 7.89. The Bertz CT molecular complexity index is 1140. The van der Waals surface area contributed by atoms with E-state index in [0.717, 1.165) is 43.7 Å². The number of carbonyl (C=O) groups excluding carboxylic acids is 1. The quantitative estimate of drug-likeness (QED) is 0.450. The number of benzene rings is 2.